The Morgan fingerprint density at radius 3 is 2.95 bits per heavy atom. The van der Waals surface area contributed by atoms with Crippen molar-refractivity contribution in [2.75, 3.05) is 13.7 Å². The Hall–Kier alpha value is -1.43. The van der Waals surface area contributed by atoms with E-state index in [4.69, 9.17) is 22.1 Å². The van der Waals surface area contributed by atoms with Crippen LogP contribution in [0.3, 0.4) is 0 Å². The van der Waals surface area contributed by atoms with Gasteiger partial charge in [-0.3, -0.25) is 9.67 Å². The van der Waals surface area contributed by atoms with Gasteiger partial charge in [-0.1, -0.05) is 11.6 Å². The van der Waals surface area contributed by atoms with E-state index in [1.165, 1.54) is 0 Å². The third kappa shape index (κ3) is 2.94. The van der Waals surface area contributed by atoms with Gasteiger partial charge in [0.2, 0.25) is 0 Å². The molecule has 102 valence electrons. The summed E-state index contributed by atoms with van der Waals surface area (Å²) in [5, 5.41) is 4.80. The molecule has 0 aliphatic carbocycles. The summed E-state index contributed by atoms with van der Waals surface area (Å²) in [6.07, 6.45) is 5.12. The molecular formula is C13H17ClN4O. The molecular weight excluding hydrogens is 264 g/mol. The van der Waals surface area contributed by atoms with Crippen molar-refractivity contribution in [3.8, 4) is 0 Å². The minimum Gasteiger partial charge on any atom is -0.383 e. The van der Waals surface area contributed by atoms with Gasteiger partial charge in [0.25, 0.3) is 0 Å². The monoisotopic (exact) mass is 280 g/mol. The van der Waals surface area contributed by atoms with Gasteiger partial charge in [0.05, 0.1) is 36.1 Å². The molecule has 0 aliphatic rings. The molecule has 1 atom stereocenters. The van der Waals surface area contributed by atoms with Crippen molar-refractivity contribution < 1.29 is 4.74 Å². The molecule has 2 rings (SSSR count). The van der Waals surface area contributed by atoms with Crippen LogP contribution < -0.4 is 5.73 Å². The zero-order valence-corrected chi connectivity index (χ0v) is 11.8. The standard InChI is InChI=1S/C13H17ClN4O/c1-9-3-4-16-7-10(9)12(15)13-11(14)8-17-18(13)5-6-19-2/h3-4,7-8,12H,5-6,15H2,1-2H3. The predicted molar refractivity (Wildman–Crippen MR) is 74.1 cm³/mol. The van der Waals surface area contributed by atoms with Crippen molar-refractivity contribution in [3.63, 3.8) is 0 Å². The summed E-state index contributed by atoms with van der Waals surface area (Å²) in [4.78, 5) is 4.12. The summed E-state index contributed by atoms with van der Waals surface area (Å²) >= 11 is 6.20. The van der Waals surface area contributed by atoms with Crippen LogP contribution in [0, 0.1) is 6.92 Å². The zero-order chi connectivity index (χ0) is 13.8. The van der Waals surface area contributed by atoms with Gasteiger partial charge in [-0.25, -0.2) is 0 Å². The third-order valence-corrected chi connectivity index (χ3v) is 3.34. The van der Waals surface area contributed by atoms with Crippen LogP contribution in [-0.2, 0) is 11.3 Å². The Bertz CT molecular complexity index is 555. The zero-order valence-electron chi connectivity index (χ0n) is 11.0. The van der Waals surface area contributed by atoms with E-state index < -0.39 is 0 Å². The smallest absolute Gasteiger partial charge is 0.0837 e. The van der Waals surface area contributed by atoms with Crippen LogP contribution in [0.2, 0.25) is 5.02 Å². The fraction of sp³-hybridized carbons (Fsp3) is 0.385. The van der Waals surface area contributed by atoms with Crippen molar-refractivity contribution in [1.29, 1.82) is 0 Å². The van der Waals surface area contributed by atoms with Crippen LogP contribution in [-0.4, -0.2) is 28.5 Å². The quantitative estimate of drug-likeness (QED) is 0.909. The number of pyridine rings is 1. The van der Waals surface area contributed by atoms with Gasteiger partial charge in [0.1, 0.15) is 0 Å². The maximum absolute atomic E-state index is 6.31. The van der Waals surface area contributed by atoms with E-state index in [0.29, 0.717) is 18.2 Å². The molecule has 2 heterocycles. The Balaban J connectivity index is 2.35. The largest absolute Gasteiger partial charge is 0.383 e. The molecule has 0 saturated carbocycles. The van der Waals surface area contributed by atoms with Crippen LogP contribution in [0.1, 0.15) is 22.9 Å². The van der Waals surface area contributed by atoms with E-state index >= 15 is 0 Å². The highest BCUT2D eigenvalue weighted by molar-refractivity contribution is 6.31. The van der Waals surface area contributed by atoms with Crippen molar-refractivity contribution in [2.24, 2.45) is 5.73 Å². The first-order valence-corrected chi connectivity index (χ1v) is 6.39. The van der Waals surface area contributed by atoms with Gasteiger partial charge >= 0.3 is 0 Å². The molecule has 2 aromatic rings. The maximum atomic E-state index is 6.31. The number of nitrogens with two attached hydrogens (primary N) is 1. The van der Waals surface area contributed by atoms with Gasteiger partial charge < -0.3 is 10.5 Å². The van der Waals surface area contributed by atoms with E-state index in [1.54, 1.807) is 30.4 Å². The molecule has 0 aromatic carbocycles. The topological polar surface area (TPSA) is 66.0 Å². The van der Waals surface area contributed by atoms with Crippen molar-refractivity contribution in [1.82, 2.24) is 14.8 Å². The first-order chi connectivity index (χ1) is 9.15. The van der Waals surface area contributed by atoms with E-state index in [0.717, 1.165) is 16.8 Å². The summed E-state index contributed by atoms with van der Waals surface area (Å²) < 4.78 is 6.84. The van der Waals surface area contributed by atoms with Crippen LogP contribution in [0.4, 0.5) is 0 Å². The lowest BCUT2D eigenvalue weighted by atomic mass is 10.0. The second-order valence-electron chi connectivity index (χ2n) is 4.30. The van der Waals surface area contributed by atoms with Gasteiger partial charge in [-0.05, 0) is 24.1 Å². The van der Waals surface area contributed by atoms with Crippen molar-refractivity contribution >= 4 is 11.6 Å². The number of rotatable bonds is 5. The average Bonchev–Trinajstić information content (AvgIpc) is 2.77. The summed E-state index contributed by atoms with van der Waals surface area (Å²) in [6, 6.07) is 1.58. The lowest BCUT2D eigenvalue weighted by Crippen LogP contribution is -2.20. The van der Waals surface area contributed by atoms with E-state index in [2.05, 4.69) is 10.1 Å². The van der Waals surface area contributed by atoms with E-state index in [1.807, 2.05) is 13.0 Å². The minimum absolute atomic E-state index is 0.347. The SMILES string of the molecule is COCCn1ncc(Cl)c1C(N)c1cnccc1C. The molecule has 0 amide bonds. The predicted octanol–water partition coefficient (Wildman–Crippen LogP) is 1.93. The van der Waals surface area contributed by atoms with Gasteiger partial charge in [-0.2, -0.15) is 5.10 Å². The highest BCUT2D eigenvalue weighted by Crippen LogP contribution is 2.27. The fourth-order valence-corrected chi connectivity index (χ4v) is 2.24. The molecule has 0 bridgehead atoms. The highest BCUT2D eigenvalue weighted by Gasteiger charge is 2.20. The number of halogens is 1. The number of nitrogens with zero attached hydrogens (tertiary/aromatic N) is 3. The lowest BCUT2D eigenvalue weighted by Gasteiger charge is -2.16. The number of hydrogen-bond acceptors (Lipinski definition) is 4. The van der Waals surface area contributed by atoms with Gasteiger partial charge in [-0.15, -0.1) is 0 Å². The molecule has 19 heavy (non-hydrogen) atoms. The maximum Gasteiger partial charge on any atom is 0.0837 e. The second-order valence-corrected chi connectivity index (χ2v) is 4.71. The normalized spacial score (nSPS) is 12.6. The summed E-state index contributed by atoms with van der Waals surface area (Å²) in [5.41, 5.74) is 9.13. The second kappa shape index (κ2) is 6.14. The minimum atomic E-state index is -0.347. The van der Waals surface area contributed by atoms with E-state index in [9.17, 15) is 0 Å². The first-order valence-electron chi connectivity index (χ1n) is 6.01. The number of methoxy groups -OCH3 is 1. The number of hydrogen-bond donors (Lipinski definition) is 1. The van der Waals surface area contributed by atoms with Crippen LogP contribution in [0.5, 0.6) is 0 Å². The number of aryl methyl sites for hydroxylation is 1. The van der Waals surface area contributed by atoms with E-state index in [-0.39, 0.29) is 6.04 Å². The summed E-state index contributed by atoms with van der Waals surface area (Å²) in [7, 11) is 1.65. The summed E-state index contributed by atoms with van der Waals surface area (Å²) in [6.45, 7) is 3.18. The molecule has 2 aromatic heterocycles. The molecule has 6 heteroatoms. The highest BCUT2D eigenvalue weighted by atomic mass is 35.5. The Morgan fingerprint density at radius 2 is 2.26 bits per heavy atom. The Morgan fingerprint density at radius 1 is 1.47 bits per heavy atom. The van der Waals surface area contributed by atoms with Crippen LogP contribution in [0.15, 0.2) is 24.7 Å². The molecule has 0 spiro atoms. The van der Waals surface area contributed by atoms with Crippen molar-refractivity contribution in [3.05, 3.63) is 46.5 Å². The van der Waals surface area contributed by atoms with Crippen LogP contribution in [0.25, 0.3) is 0 Å². The Labute approximate surface area is 117 Å². The first kappa shape index (κ1) is 14.0. The van der Waals surface area contributed by atoms with Gasteiger partial charge in [0.15, 0.2) is 0 Å². The summed E-state index contributed by atoms with van der Waals surface area (Å²) in [5.74, 6) is 0. The number of aromatic nitrogens is 3. The molecule has 2 N–H and O–H groups in total. The van der Waals surface area contributed by atoms with Gasteiger partial charge in [0, 0.05) is 19.5 Å². The number of ether oxygens (including phenoxy) is 1. The lowest BCUT2D eigenvalue weighted by molar-refractivity contribution is 0.182. The molecule has 1 unspecified atom stereocenters. The molecule has 0 radical (unpaired) electrons. The van der Waals surface area contributed by atoms with Crippen molar-refractivity contribution in [2.45, 2.75) is 19.5 Å². The third-order valence-electron chi connectivity index (χ3n) is 3.05. The van der Waals surface area contributed by atoms with Crippen LogP contribution >= 0.6 is 11.6 Å². The fourth-order valence-electron chi connectivity index (χ4n) is 1.99. The molecule has 0 aliphatic heterocycles. The average molecular weight is 281 g/mol. The molecule has 0 fully saturated rings. The molecule has 0 saturated heterocycles. The Kier molecular flexibility index (Phi) is 4.52. The molecule has 5 nitrogen and oxygen atoms in total.